The van der Waals surface area contributed by atoms with Gasteiger partial charge < -0.3 is 14.2 Å². The van der Waals surface area contributed by atoms with Gasteiger partial charge in [0.05, 0.1) is 26.7 Å². The number of carbonyl (C=O) groups is 3. The van der Waals surface area contributed by atoms with Crippen molar-refractivity contribution in [2.45, 2.75) is 38.2 Å². The zero-order chi connectivity index (χ0) is 14.3. The summed E-state index contributed by atoms with van der Waals surface area (Å²) in [5.41, 5.74) is 0. The maximum absolute atomic E-state index is 11.9. The van der Waals surface area contributed by atoms with Crippen molar-refractivity contribution in [2.75, 3.05) is 20.8 Å². The minimum absolute atomic E-state index is 0.198. The van der Waals surface area contributed by atoms with Gasteiger partial charge in [0, 0.05) is 13.0 Å². The third-order valence-electron chi connectivity index (χ3n) is 2.92. The molecule has 0 aromatic carbocycles. The minimum atomic E-state index is -1.07. The quantitative estimate of drug-likeness (QED) is 0.352. The Bertz CT molecular complexity index is 334. The average Bonchev–Trinajstić information content (AvgIpc) is 3.23. The normalized spacial score (nSPS) is 15.7. The molecule has 19 heavy (non-hydrogen) atoms. The molecule has 0 bridgehead atoms. The van der Waals surface area contributed by atoms with Crippen molar-refractivity contribution in [2.24, 2.45) is 5.92 Å². The second kappa shape index (κ2) is 7.89. The Balaban J connectivity index is 2.35. The molecule has 0 spiro atoms. The SMILES string of the molecule is COC(=O)CC(C(=O)CCCOC1CC1)C(=O)OC. The van der Waals surface area contributed by atoms with Crippen LogP contribution >= 0.6 is 0 Å². The van der Waals surface area contributed by atoms with Crippen LogP contribution in [0.1, 0.15) is 32.1 Å². The van der Waals surface area contributed by atoms with Crippen LogP contribution < -0.4 is 0 Å². The lowest BCUT2D eigenvalue weighted by atomic mass is 9.97. The summed E-state index contributed by atoms with van der Waals surface area (Å²) < 4.78 is 14.4. The van der Waals surface area contributed by atoms with Gasteiger partial charge in [-0.05, 0) is 19.3 Å². The molecule has 6 heteroatoms. The number of Topliss-reactive ketones (excluding diaryl/α,β-unsaturated/α-hetero) is 1. The highest BCUT2D eigenvalue weighted by Gasteiger charge is 2.30. The van der Waals surface area contributed by atoms with Gasteiger partial charge in [-0.25, -0.2) is 0 Å². The van der Waals surface area contributed by atoms with Crippen molar-refractivity contribution < 1.29 is 28.6 Å². The van der Waals surface area contributed by atoms with Crippen LogP contribution in [0.4, 0.5) is 0 Å². The third kappa shape index (κ3) is 5.83. The fourth-order valence-electron chi connectivity index (χ4n) is 1.63. The Kier molecular flexibility index (Phi) is 6.49. The standard InChI is InChI=1S/C13H20O6/c1-17-12(15)8-10(13(16)18-2)11(14)4-3-7-19-9-5-6-9/h9-10H,3-8H2,1-2H3. The first-order valence-electron chi connectivity index (χ1n) is 6.37. The van der Waals surface area contributed by atoms with E-state index in [0.29, 0.717) is 19.1 Å². The first kappa shape index (κ1) is 15.6. The summed E-state index contributed by atoms with van der Waals surface area (Å²) in [7, 11) is 2.40. The molecule has 1 aliphatic rings. The van der Waals surface area contributed by atoms with Gasteiger partial charge in [0.15, 0.2) is 0 Å². The van der Waals surface area contributed by atoms with Crippen molar-refractivity contribution in [3.8, 4) is 0 Å². The highest BCUT2D eigenvalue weighted by molar-refractivity contribution is 6.01. The molecule has 1 fully saturated rings. The molecule has 1 saturated carbocycles. The first-order chi connectivity index (χ1) is 9.08. The molecule has 0 saturated heterocycles. The Morgan fingerprint density at radius 1 is 1.16 bits per heavy atom. The van der Waals surface area contributed by atoms with Crippen molar-refractivity contribution in [1.29, 1.82) is 0 Å². The van der Waals surface area contributed by atoms with Crippen LogP contribution in [-0.2, 0) is 28.6 Å². The summed E-state index contributed by atoms with van der Waals surface area (Å²) in [5.74, 6) is -2.67. The Morgan fingerprint density at radius 3 is 2.37 bits per heavy atom. The molecule has 1 rings (SSSR count). The second-order valence-electron chi connectivity index (χ2n) is 4.50. The molecule has 1 atom stereocenters. The topological polar surface area (TPSA) is 78.9 Å². The second-order valence-corrected chi connectivity index (χ2v) is 4.50. The number of esters is 2. The van der Waals surface area contributed by atoms with E-state index in [0.717, 1.165) is 12.8 Å². The fraction of sp³-hybridized carbons (Fsp3) is 0.769. The van der Waals surface area contributed by atoms with E-state index in [1.165, 1.54) is 14.2 Å². The van der Waals surface area contributed by atoms with Crippen LogP contribution in [0.3, 0.4) is 0 Å². The van der Waals surface area contributed by atoms with Gasteiger partial charge in [0.25, 0.3) is 0 Å². The van der Waals surface area contributed by atoms with Crippen molar-refractivity contribution >= 4 is 17.7 Å². The smallest absolute Gasteiger partial charge is 0.316 e. The summed E-state index contributed by atoms with van der Waals surface area (Å²) in [4.78, 5) is 34.5. The lowest BCUT2D eigenvalue weighted by molar-refractivity contribution is -0.155. The van der Waals surface area contributed by atoms with Crippen molar-refractivity contribution in [3.63, 3.8) is 0 Å². The number of rotatable bonds is 9. The molecule has 0 aromatic rings. The predicted octanol–water partition coefficient (Wildman–Crippen LogP) is 0.867. The summed E-state index contributed by atoms with van der Waals surface area (Å²) in [6.07, 6.45) is 2.99. The third-order valence-corrected chi connectivity index (χ3v) is 2.92. The zero-order valence-electron chi connectivity index (χ0n) is 11.3. The van der Waals surface area contributed by atoms with Crippen LogP contribution in [0.15, 0.2) is 0 Å². The lowest BCUT2D eigenvalue weighted by Crippen LogP contribution is -2.28. The average molecular weight is 272 g/mol. The molecule has 0 aliphatic heterocycles. The van der Waals surface area contributed by atoms with E-state index in [-0.39, 0.29) is 18.6 Å². The number of ether oxygens (including phenoxy) is 3. The molecular weight excluding hydrogens is 252 g/mol. The minimum Gasteiger partial charge on any atom is -0.469 e. The fourth-order valence-corrected chi connectivity index (χ4v) is 1.63. The summed E-state index contributed by atoms with van der Waals surface area (Å²) in [6, 6.07) is 0. The molecule has 1 unspecified atom stereocenters. The molecule has 1 aliphatic carbocycles. The van der Waals surface area contributed by atoms with E-state index in [4.69, 9.17) is 4.74 Å². The summed E-state index contributed by atoms with van der Waals surface area (Å²) in [6.45, 7) is 0.503. The van der Waals surface area contributed by atoms with Crippen LogP contribution in [0.5, 0.6) is 0 Å². The number of methoxy groups -OCH3 is 2. The van der Waals surface area contributed by atoms with Crippen molar-refractivity contribution in [1.82, 2.24) is 0 Å². The molecule has 0 heterocycles. The van der Waals surface area contributed by atoms with Crippen LogP contribution in [0.2, 0.25) is 0 Å². The molecular formula is C13H20O6. The zero-order valence-corrected chi connectivity index (χ0v) is 11.3. The number of hydrogen-bond donors (Lipinski definition) is 0. The largest absolute Gasteiger partial charge is 0.469 e. The monoisotopic (exact) mass is 272 g/mol. The summed E-state index contributed by atoms with van der Waals surface area (Å²) in [5, 5.41) is 0. The molecule has 0 aromatic heterocycles. The molecule has 0 radical (unpaired) electrons. The van der Waals surface area contributed by atoms with E-state index < -0.39 is 17.9 Å². The van der Waals surface area contributed by atoms with Crippen LogP contribution in [-0.4, -0.2) is 44.7 Å². The van der Waals surface area contributed by atoms with Gasteiger partial charge in [0.2, 0.25) is 0 Å². The van der Waals surface area contributed by atoms with E-state index in [9.17, 15) is 14.4 Å². The maximum Gasteiger partial charge on any atom is 0.316 e. The van der Waals surface area contributed by atoms with E-state index in [1.807, 2.05) is 0 Å². The van der Waals surface area contributed by atoms with E-state index in [1.54, 1.807) is 0 Å². The number of ketones is 1. The van der Waals surface area contributed by atoms with Crippen LogP contribution in [0, 0.1) is 5.92 Å². The molecule has 0 amide bonds. The van der Waals surface area contributed by atoms with Crippen LogP contribution in [0.25, 0.3) is 0 Å². The molecule has 6 nitrogen and oxygen atoms in total. The Morgan fingerprint density at radius 2 is 1.84 bits per heavy atom. The number of carbonyl (C=O) groups excluding carboxylic acids is 3. The predicted molar refractivity (Wildman–Crippen MR) is 65.4 cm³/mol. The molecule has 0 N–H and O–H groups in total. The van der Waals surface area contributed by atoms with E-state index >= 15 is 0 Å². The van der Waals surface area contributed by atoms with Gasteiger partial charge in [0.1, 0.15) is 11.7 Å². The molecule has 108 valence electrons. The highest BCUT2D eigenvalue weighted by atomic mass is 16.5. The van der Waals surface area contributed by atoms with Gasteiger partial charge in [-0.2, -0.15) is 0 Å². The lowest BCUT2D eigenvalue weighted by Gasteiger charge is -2.12. The van der Waals surface area contributed by atoms with Gasteiger partial charge in [-0.1, -0.05) is 0 Å². The Hall–Kier alpha value is -1.43. The highest BCUT2D eigenvalue weighted by Crippen LogP contribution is 2.23. The maximum atomic E-state index is 11.9. The number of hydrogen-bond acceptors (Lipinski definition) is 6. The van der Waals surface area contributed by atoms with Gasteiger partial charge in [-0.15, -0.1) is 0 Å². The first-order valence-corrected chi connectivity index (χ1v) is 6.37. The van der Waals surface area contributed by atoms with Crippen molar-refractivity contribution in [3.05, 3.63) is 0 Å². The van der Waals surface area contributed by atoms with E-state index in [2.05, 4.69) is 9.47 Å². The van der Waals surface area contributed by atoms with Gasteiger partial charge in [-0.3, -0.25) is 14.4 Å². The summed E-state index contributed by atoms with van der Waals surface area (Å²) >= 11 is 0. The Labute approximate surface area is 112 Å². The van der Waals surface area contributed by atoms with Gasteiger partial charge >= 0.3 is 11.9 Å².